The summed E-state index contributed by atoms with van der Waals surface area (Å²) >= 11 is 0. The van der Waals surface area contributed by atoms with Gasteiger partial charge in [0.05, 0.1) is 18.2 Å². The molecule has 6 nitrogen and oxygen atoms in total. The van der Waals surface area contributed by atoms with Gasteiger partial charge in [0.15, 0.2) is 0 Å². The highest BCUT2D eigenvalue weighted by Gasteiger charge is 2.34. The molecule has 1 unspecified atom stereocenters. The van der Waals surface area contributed by atoms with Crippen LogP contribution in [-0.2, 0) is 16.1 Å². The van der Waals surface area contributed by atoms with Gasteiger partial charge in [0, 0.05) is 39.8 Å². The number of carbonyl (C=O) groups is 2. The molecule has 20 heavy (non-hydrogen) atoms. The van der Waals surface area contributed by atoms with Gasteiger partial charge in [0.1, 0.15) is 0 Å². The zero-order valence-corrected chi connectivity index (χ0v) is 11.7. The molecule has 108 valence electrons. The standard InChI is InChI=1S/C14H19N3O3/c1-10(19)17-8-11-4-3-5-15-13(11)12(9-17)14(20)16(2)6-7-18/h3-5,12,18H,6-9H2,1-2H3. The Balaban J connectivity index is 2.31. The van der Waals surface area contributed by atoms with Crippen molar-refractivity contribution in [3.63, 3.8) is 0 Å². The van der Waals surface area contributed by atoms with Crippen LogP contribution in [0.5, 0.6) is 0 Å². The number of nitrogens with zero attached hydrogens (tertiary/aromatic N) is 3. The Morgan fingerprint density at radius 3 is 2.95 bits per heavy atom. The van der Waals surface area contributed by atoms with Gasteiger partial charge >= 0.3 is 0 Å². The summed E-state index contributed by atoms with van der Waals surface area (Å²) in [5.74, 6) is -0.632. The number of pyridine rings is 1. The van der Waals surface area contributed by atoms with Crippen molar-refractivity contribution in [1.29, 1.82) is 0 Å². The third-order valence-corrected chi connectivity index (χ3v) is 3.58. The molecular weight excluding hydrogens is 258 g/mol. The van der Waals surface area contributed by atoms with Crippen molar-refractivity contribution in [2.24, 2.45) is 0 Å². The molecule has 2 heterocycles. The Morgan fingerprint density at radius 1 is 1.55 bits per heavy atom. The molecule has 0 fully saturated rings. The molecular formula is C14H19N3O3. The first-order valence-electron chi connectivity index (χ1n) is 6.59. The number of rotatable bonds is 3. The minimum Gasteiger partial charge on any atom is -0.395 e. The summed E-state index contributed by atoms with van der Waals surface area (Å²) in [4.78, 5) is 31.5. The molecule has 2 amide bonds. The van der Waals surface area contributed by atoms with Crippen molar-refractivity contribution in [1.82, 2.24) is 14.8 Å². The summed E-state index contributed by atoms with van der Waals surface area (Å²) in [5, 5.41) is 8.95. The first-order valence-corrected chi connectivity index (χ1v) is 6.59. The Bertz CT molecular complexity index is 518. The van der Waals surface area contributed by atoms with Crippen LogP contribution in [0.25, 0.3) is 0 Å². The van der Waals surface area contributed by atoms with Crippen molar-refractivity contribution >= 4 is 11.8 Å². The summed E-state index contributed by atoms with van der Waals surface area (Å²) in [6.45, 7) is 2.53. The average molecular weight is 277 g/mol. The lowest BCUT2D eigenvalue weighted by Gasteiger charge is -2.34. The van der Waals surface area contributed by atoms with Gasteiger partial charge in [-0.05, 0) is 11.6 Å². The SMILES string of the molecule is CC(=O)N1Cc2cccnc2C(C(=O)N(C)CCO)C1. The topological polar surface area (TPSA) is 73.7 Å². The number of fused-ring (bicyclic) bond motifs is 1. The predicted molar refractivity (Wildman–Crippen MR) is 72.8 cm³/mol. The fourth-order valence-electron chi connectivity index (χ4n) is 2.44. The molecule has 1 aromatic rings. The second-order valence-corrected chi connectivity index (χ2v) is 4.98. The van der Waals surface area contributed by atoms with Gasteiger partial charge in [0.2, 0.25) is 11.8 Å². The molecule has 6 heteroatoms. The van der Waals surface area contributed by atoms with Gasteiger partial charge in [-0.1, -0.05) is 6.07 Å². The van der Waals surface area contributed by atoms with Gasteiger partial charge in [0.25, 0.3) is 0 Å². The first kappa shape index (κ1) is 14.5. The van der Waals surface area contributed by atoms with E-state index in [0.717, 1.165) is 11.3 Å². The molecule has 0 saturated carbocycles. The van der Waals surface area contributed by atoms with E-state index in [1.54, 1.807) is 24.2 Å². The van der Waals surface area contributed by atoms with Crippen LogP contribution < -0.4 is 0 Å². The highest BCUT2D eigenvalue weighted by molar-refractivity contribution is 5.85. The third kappa shape index (κ3) is 2.80. The lowest BCUT2D eigenvalue weighted by atomic mass is 9.93. The minimum atomic E-state index is -0.458. The van der Waals surface area contributed by atoms with Crippen molar-refractivity contribution < 1.29 is 14.7 Å². The van der Waals surface area contributed by atoms with Crippen LogP contribution in [0.1, 0.15) is 24.1 Å². The van der Waals surface area contributed by atoms with Crippen LogP contribution >= 0.6 is 0 Å². The summed E-state index contributed by atoms with van der Waals surface area (Å²) in [6, 6.07) is 3.70. The Hall–Kier alpha value is -1.95. The van der Waals surface area contributed by atoms with Crippen LogP contribution in [0.4, 0.5) is 0 Å². The lowest BCUT2D eigenvalue weighted by molar-refractivity contribution is -0.135. The fraction of sp³-hybridized carbons (Fsp3) is 0.500. The maximum Gasteiger partial charge on any atom is 0.233 e. The molecule has 1 aromatic heterocycles. The monoisotopic (exact) mass is 277 g/mol. The second kappa shape index (κ2) is 6.00. The average Bonchev–Trinajstić information content (AvgIpc) is 2.45. The van der Waals surface area contributed by atoms with Gasteiger partial charge in [-0.2, -0.15) is 0 Å². The number of aliphatic hydroxyl groups excluding tert-OH is 1. The van der Waals surface area contributed by atoms with Crippen LogP contribution in [-0.4, -0.2) is 58.4 Å². The second-order valence-electron chi connectivity index (χ2n) is 4.98. The first-order chi connectivity index (χ1) is 9.54. The van der Waals surface area contributed by atoms with Crippen molar-refractivity contribution in [2.75, 3.05) is 26.7 Å². The van der Waals surface area contributed by atoms with Crippen LogP contribution in [0, 0.1) is 0 Å². The molecule has 1 aliphatic rings. The van der Waals surface area contributed by atoms with Gasteiger partial charge < -0.3 is 14.9 Å². The summed E-state index contributed by atoms with van der Waals surface area (Å²) in [5.41, 5.74) is 1.64. The summed E-state index contributed by atoms with van der Waals surface area (Å²) in [6.07, 6.45) is 1.66. The van der Waals surface area contributed by atoms with Crippen molar-refractivity contribution in [2.45, 2.75) is 19.4 Å². The number of aliphatic hydroxyl groups is 1. The van der Waals surface area contributed by atoms with E-state index in [9.17, 15) is 9.59 Å². The molecule has 1 N–H and O–H groups in total. The minimum absolute atomic E-state index is 0.0536. The molecule has 0 spiro atoms. The highest BCUT2D eigenvalue weighted by atomic mass is 16.3. The Labute approximate surface area is 118 Å². The van der Waals surface area contributed by atoms with E-state index in [1.807, 2.05) is 6.07 Å². The Morgan fingerprint density at radius 2 is 2.30 bits per heavy atom. The van der Waals surface area contributed by atoms with E-state index >= 15 is 0 Å². The largest absolute Gasteiger partial charge is 0.395 e. The number of carbonyl (C=O) groups excluding carboxylic acids is 2. The lowest BCUT2D eigenvalue weighted by Crippen LogP contribution is -2.44. The van der Waals surface area contributed by atoms with E-state index in [-0.39, 0.29) is 25.0 Å². The molecule has 2 rings (SSSR count). The third-order valence-electron chi connectivity index (χ3n) is 3.58. The molecule has 0 aromatic carbocycles. The molecule has 0 radical (unpaired) electrons. The molecule has 0 aliphatic carbocycles. The van der Waals surface area contributed by atoms with Crippen molar-refractivity contribution in [3.05, 3.63) is 29.6 Å². The fourth-order valence-corrected chi connectivity index (χ4v) is 2.44. The van der Waals surface area contributed by atoms with E-state index in [2.05, 4.69) is 4.98 Å². The number of hydrogen-bond donors (Lipinski definition) is 1. The van der Waals surface area contributed by atoms with E-state index in [4.69, 9.17) is 5.11 Å². The maximum atomic E-state index is 12.5. The Kier molecular flexibility index (Phi) is 4.34. The van der Waals surface area contributed by atoms with Gasteiger partial charge in [-0.15, -0.1) is 0 Å². The normalized spacial score (nSPS) is 17.6. The van der Waals surface area contributed by atoms with E-state index in [0.29, 0.717) is 13.1 Å². The predicted octanol–water partition coefficient (Wildman–Crippen LogP) is -0.0220. The van der Waals surface area contributed by atoms with E-state index in [1.165, 1.54) is 11.8 Å². The zero-order valence-electron chi connectivity index (χ0n) is 11.7. The molecule has 1 atom stereocenters. The quantitative estimate of drug-likeness (QED) is 0.842. The van der Waals surface area contributed by atoms with E-state index < -0.39 is 5.92 Å². The van der Waals surface area contributed by atoms with Crippen LogP contribution in [0.2, 0.25) is 0 Å². The number of likely N-dealkylation sites (N-methyl/N-ethyl adjacent to an activating group) is 1. The number of amides is 2. The summed E-state index contributed by atoms with van der Waals surface area (Å²) < 4.78 is 0. The molecule has 0 bridgehead atoms. The van der Waals surface area contributed by atoms with Gasteiger partial charge in [-0.25, -0.2) is 0 Å². The van der Waals surface area contributed by atoms with Crippen LogP contribution in [0.3, 0.4) is 0 Å². The van der Waals surface area contributed by atoms with Crippen molar-refractivity contribution in [3.8, 4) is 0 Å². The highest BCUT2D eigenvalue weighted by Crippen LogP contribution is 2.27. The number of hydrogen-bond acceptors (Lipinski definition) is 4. The maximum absolute atomic E-state index is 12.5. The number of aromatic nitrogens is 1. The van der Waals surface area contributed by atoms with Crippen LogP contribution in [0.15, 0.2) is 18.3 Å². The summed E-state index contributed by atoms with van der Waals surface area (Å²) in [7, 11) is 1.65. The zero-order chi connectivity index (χ0) is 14.7. The van der Waals surface area contributed by atoms with Gasteiger partial charge in [-0.3, -0.25) is 14.6 Å². The smallest absolute Gasteiger partial charge is 0.233 e. The molecule has 0 saturated heterocycles. The molecule has 1 aliphatic heterocycles.